The Labute approximate surface area is 191 Å². The Hall–Kier alpha value is -3.78. The van der Waals surface area contributed by atoms with Gasteiger partial charge >= 0.3 is 0 Å². The first kappa shape index (κ1) is 21.1. The third-order valence-electron chi connectivity index (χ3n) is 6.30. The molecule has 8 heteroatoms. The lowest BCUT2D eigenvalue weighted by Crippen LogP contribution is -2.29. The van der Waals surface area contributed by atoms with Gasteiger partial charge in [0.25, 0.3) is 0 Å². The maximum Gasteiger partial charge on any atom is 0.244 e. The number of pyridine rings is 1. The van der Waals surface area contributed by atoms with E-state index in [-0.39, 0.29) is 18.3 Å². The van der Waals surface area contributed by atoms with Crippen LogP contribution in [0.1, 0.15) is 16.8 Å². The number of hydrogen-bond donors (Lipinski definition) is 2. The number of hydrogen-bond acceptors (Lipinski definition) is 5. The highest BCUT2D eigenvalue weighted by Gasteiger charge is 2.19. The second-order valence-corrected chi connectivity index (χ2v) is 8.41. The van der Waals surface area contributed by atoms with E-state index in [1.54, 1.807) is 22.8 Å². The quantitative estimate of drug-likeness (QED) is 0.500. The van der Waals surface area contributed by atoms with Gasteiger partial charge in [0.05, 0.1) is 0 Å². The van der Waals surface area contributed by atoms with Crippen LogP contribution in [-0.4, -0.2) is 39.2 Å². The van der Waals surface area contributed by atoms with Crippen molar-refractivity contribution >= 4 is 28.3 Å². The van der Waals surface area contributed by atoms with Crippen molar-refractivity contribution in [3.8, 4) is 11.1 Å². The van der Waals surface area contributed by atoms with Gasteiger partial charge in [-0.25, -0.2) is 9.37 Å². The van der Waals surface area contributed by atoms with Crippen molar-refractivity contribution in [1.29, 1.82) is 0 Å². The molecule has 0 saturated carbocycles. The van der Waals surface area contributed by atoms with Gasteiger partial charge < -0.3 is 16.0 Å². The van der Waals surface area contributed by atoms with E-state index in [1.807, 2.05) is 43.3 Å². The number of carbonyl (C=O) groups excluding carboxylic acids is 1. The predicted molar refractivity (Wildman–Crippen MR) is 127 cm³/mol. The van der Waals surface area contributed by atoms with Crippen LogP contribution in [0.2, 0.25) is 0 Å². The second kappa shape index (κ2) is 8.29. The summed E-state index contributed by atoms with van der Waals surface area (Å²) in [4.78, 5) is 18.3. The zero-order valence-corrected chi connectivity index (χ0v) is 18.6. The first-order chi connectivity index (χ1) is 15.9. The van der Waals surface area contributed by atoms with E-state index in [9.17, 15) is 9.18 Å². The first-order valence-corrected chi connectivity index (χ1v) is 10.9. The van der Waals surface area contributed by atoms with E-state index in [1.165, 1.54) is 6.07 Å². The largest absolute Gasteiger partial charge is 0.344 e. The fourth-order valence-electron chi connectivity index (χ4n) is 4.28. The maximum absolute atomic E-state index is 15.0. The molecule has 5 rings (SSSR count). The summed E-state index contributed by atoms with van der Waals surface area (Å²) in [7, 11) is 1.80. The fraction of sp³-hybridized carbons (Fsp3) is 0.240. The molecule has 1 aliphatic rings. The minimum atomic E-state index is -0.297. The van der Waals surface area contributed by atoms with Crippen molar-refractivity contribution < 1.29 is 9.18 Å². The molecule has 3 N–H and O–H groups in total. The summed E-state index contributed by atoms with van der Waals surface area (Å²) in [5, 5.41) is 9.32. The van der Waals surface area contributed by atoms with E-state index in [2.05, 4.69) is 15.4 Å². The molecule has 0 bridgehead atoms. The van der Waals surface area contributed by atoms with Gasteiger partial charge in [0.15, 0.2) is 5.82 Å². The molecule has 0 aliphatic carbocycles. The highest BCUT2D eigenvalue weighted by atomic mass is 19.1. The second-order valence-electron chi connectivity index (χ2n) is 8.41. The Morgan fingerprint density at radius 1 is 1.12 bits per heavy atom. The average Bonchev–Trinajstić information content (AvgIpc) is 3.12. The van der Waals surface area contributed by atoms with Gasteiger partial charge in [-0.1, -0.05) is 18.2 Å². The molecule has 1 amide bonds. The number of nitrogens with two attached hydrogens (primary N) is 1. The number of nitrogens with one attached hydrogen (secondary N) is 1. The molecule has 4 aromatic rings. The Kier molecular flexibility index (Phi) is 5.30. The first-order valence-electron chi connectivity index (χ1n) is 10.9. The number of rotatable bonds is 4. The molecular weight excluding hydrogens is 419 g/mol. The van der Waals surface area contributed by atoms with Crippen molar-refractivity contribution in [3.63, 3.8) is 0 Å². The van der Waals surface area contributed by atoms with Crippen LogP contribution in [0.25, 0.3) is 21.9 Å². The minimum absolute atomic E-state index is 0.0378. The smallest absolute Gasteiger partial charge is 0.244 e. The predicted octanol–water partition coefficient (Wildman–Crippen LogP) is 3.76. The van der Waals surface area contributed by atoms with Gasteiger partial charge in [-0.05, 0) is 47.2 Å². The van der Waals surface area contributed by atoms with Gasteiger partial charge in [-0.15, -0.1) is 0 Å². The molecule has 33 heavy (non-hydrogen) atoms. The van der Waals surface area contributed by atoms with Crippen LogP contribution in [0.5, 0.6) is 0 Å². The maximum atomic E-state index is 15.0. The molecule has 0 saturated heterocycles. The van der Waals surface area contributed by atoms with E-state index in [0.717, 1.165) is 34.2 Å². The van der Waals surface area contributed by atoms with Crippen LogP contribution in [0.4, 0.5) is 16.0 Å². The molecule has 0 fully saturated rings. The lowest BCUT2D eigenvalue weighted by Gasteiger charge is -2.13. The summed E-state index contributed by atoms with van der Waals surface area (Å²) < 4.78 is 16.7. The molecule has 2 aromatic carbocycles. The Bertz CT molecular complexity index is 1380. The number of aromatic nitrogens is 3. The van der Waals surface area contributed by atoms with E-state index < -0.39 is 0 Å². The minimum Gasteiger partial charge on any atom is -0.344 e. The number of amides is 1. The third-order valence-corrected chi connectivity index (χ3v) is 6.30. The summed E-state index contributed by atoms with van der Waals surface area (Å²) in [6, 6.07) is 12.9. The van der Waals surface area contributed by atoms with Crippen molar-refractivity contribution in [2.75, 3.05) is 18.9 Å². The standard InChI is InChI=1S/C25H25FN6O/c1-15-16(12-27)4-3-5-20(15)21-8-17-10-23(28-13-18(17)9-22(21)26)29-24-11-19-6-7-31(2)25(33)14-32(19)30-24/h3-5,8-11,13H,6-7,12,14,27H2,1-2H3,(H,28,29,30). The van der Waals surface area contributed by atoms with Gasteiger partial charge in [-0.3, -0.25) is 9.48 Å². The van der Waals surface area contributed by atoms with E-state index in [4.69, 9.17) is 5.73 Å². The van der Waals surface area contributed by atoms with Crippen molar-refractivity contribution in [3.05, 3.63) is 71.3 Å². The zero-order chi connectivity index (χ0) is 23.1. The lowest BCUT2D eigenvalue weighted by atomic mass is 9.94. The van der Waals surface area contributed by atoms with Crippen LogP contribution in [0.3, 0.4) is 0 Å². The SMILES string of the molecule is Cc1c(CN)cccc1-c1cc2cc(Nc3cc4n(n3)CC(=O)N(C)CC4)ncc2cc1F. The number of anilines is 2. The molecule has 0 unspecified atom stereocenters. The normalized spacial score (nSPS) is 13.8. The monoisotopic (exact) mass is 444 g/mol. The number of halogens is 1. The zero-order valence-electron chi connectivity index (χ0n) is 18.6. The molecule has 2 aromatic heterocycles. The molecule has 7 nitrogen and oxygen atoms in total. The molecular formula is C25H25FN6O. The Balaban J connectivity index is 1.48. The van der Waals surface area contributed by atoms with E-state index in [0.29, 0.717) is 35.7 Å². The van der Waals surface area contributed by atoms with Gasteiger partial charge in [-0.2, -0.15) is 5.10 Å². The number of benzene rings is 2. The topological polar surface area (TPSA) is 89.1 Å². The molecule has 1 aliphatic heterocycles. The fourth-order valence-corrected chi connectivity index (χ4v) is 4.28. The molecule has 3 heterocycles. The Morgan fingerprint density at radius 3 is 2.79 bits per heavy atom. The summed E-state index contributed by atoms with van der Waals surface area (Å²) >= 11 is 0. The summed E-state index contributed by atoms with van der Waals surface area (Å²) in [6.45, 7) is 3.26. The third kappa shape index (κ3) is 3.93. The lowest BCUT2D eigenvalue weighted by molar-refractivity contribution is -0.130. The summed E-state index contributed by atoms with van der Waals surface area (Å²) in [5.41, 5.74) is 10.2. The number of fused-ring (bicyclic) bond motifs is 2. The molecule has 0 atom stereocenters. The Morgan fingerprint density at radius 2 is 1.97 bits per heavy atom. The van der Waals surface area contributed by atoms with Gasteiger partial charge in [0.1, 0.15) is 18.2 Å². The summed E-state index contributed by atoms with van der Waals surface area (Å²) in [5.74, 6) is 0.970. The van der Waals surface area contributed by atoms with Crippen LogP contribution in [0, 0.1) is 12.7 Å². The van der Waals surface area contributed by atoms with Gasteiger partial charge in [0, 0.05) is 55.5 Å². The van der Waals surface area contributed by atoms with Crippen molar-refractivity contribution in [2.24, 2.45) is 5.73 Å². The van der Waals surface area contributed by atoms with Crippen molar-refractivity contribution in [2.45, 2.75) is 26.4 Å². The number of likely N-dealkylation sites (N-methyl/N-ethyl adjacent to an activating group) is 1. The number of carbonyl (C=O) groups is 1. The highest BCUT2D eigenvalue weighted by molar-refractivity contribution is 5.89. The van der Waals surface area contributed by atoms with Crippen molar-refractivity contribution in [1.82, 2.24) is 19.7 Å². The average molecular weight is 445 g/mol. The molecule has 168 valence electrons. The summed E-state index contributed by atoms with van der Waals surface area (Å²) in [6.07, 6.45) is 2.39. The molecule has 0 spiro atoms. The van der Waals surface area contributed by atoms with Crippen LogP contribution in [-0.2, 0) is 24.3 Å². The van der Waals surface area contributed by atoms with Gasteiger partial charge in [0.2, 0.25) is 5.91 Å². The highest BCUT2D eigenvalue weighted by Crippen LogP contribution is 2.32. The number of nitrogens with zero attached hydrogens (tertiary/aromatic N) is 4. The van der Waals surface area contributed by atoms with Crippen LogP contribution in [0.15, 0.2) is 48.7 Å². The molecule has 0 radical (unpaired) electrons. The van der Waals surface area contributed by atoms with Crippen LogP contribution < -0.4 is 11.1 Å². The van der Waals surface area contributed by atoms with Crippen LogP contribution >= 0.6 is 0 Å². The van der Waals surface area contributed by atoms with E-state index >= 15 is 0 Å².